The lowest BCUT2D eigenvalue weighted by atomic mass is 9.97. The first kappa shape index (κ1) is 13.4. The summed E-state index contributed by atoms with van der Waals surface area (Å²) < 4.78 is 0. The number of thiophene rings is 1. The number of piperidine rings is 1. The zero-order valence-corrected chi connectivity index (χ0v) is 12.1. The average Bonchev–Trinajstić information content (AvgIpc) is 2.94. The number of aliphatic carboxylic acids is 1. The normalized spacial score (nSPS) is 19.8. The second-order valence-electron chi connectivity index (χ2n) is 5.42. The van der Waals surface area contributed by atoms with Crippen molar-refractivity contribution in [1.29, 1.82) is 0 Å². The monoisotopic (exact) mass is 294 g/mol. The zero-order valence-electron chi connectivity index (χ0n) is 11.2. The fourth-order valence-corrected chi connectivity index (χ4v) is 3.82. The SMILES string of the molecule is O=C(O)C1CCN(C(=O)N2CCc3sccc3C2)CC1. The van der Waals surface area contributed by atoms with Crippen molar-refractivity contribution in [2.24, 2.45) is 5.92 Å². The first-order chi connectivity index (χ1) is 9.65. The Morgan fingerprint density at radius 1 is 1.20 bits per heavy atom. The third kappa shape index (κ3) is 2.52. The van der Waals surface area contributed by atoms with E-state index in [1.807, 2.05) is 4.90 Å². The molecule has 0 radical (unpaired) electrons. The molecule has 0 atom stereocenters. The van der Waals surface area contributed by atoms with Gasteiger partial charge in [-0.25, -0.2) is 4.79 Å². The number of fused-ring (bicyclic) bond motifs is 1. The molecule has 3 heterocycles. The molecule has 0 aromatic carbocycles. The van der Waals surface area contributed by atoms with Crippen molar-refractivity contribution in [2.75, 3.05) is 19.6 Å². The van der Waals surface area contributed by atoms with E-state index in [-0.39, 0.29) is 11.9 Å². The van der Waals surface area contributed by atoms with Crippen LogP contribution in [0.3, 0.4) is 0 Å². The molecule has 2 aliphatic rings. The molecule has 3 rings (SSSR count). The van der Waals surface area contributed by atoms with Gasteiger partial charge in [-0.05, 0) is 36.3 Å². The highest BCUT2D eigenvalue weighted by atomic mass is 32.1. The maximum atomic E-state index is 12.5. The van der Waals surface area contributed by atoms with Crippen LogP contribution in [-0.2, 0) is 17.8 Å². The Morgan fingerprint density at radius 3 is 2.65 bits per heavy atom. The molecule has 0 spiro atoms. The molecule has 2 aliphatic heterocycles. The van der Waals surface area contributed by atoms with Crippen LogP contribution in [0.5, 0.6) is 0 Å². The van der Waals surface area contributed by atoms with Gasteiger partial charge in [0.05, 0.1) is 5.92 Å². The van der Waals surface area contributed by atoms with Crippen LogP contribution in [-0.4, -0.2) is 46.5 Å². The highest BCUT2D eigenvalue weighted by molar-refractivity contribution is 7.10. The number of carboxylic acids is 1. The molecule has 6 heteroatoms. The number of urea groups is 1. The van der Waals surface area contributed by atoms with Crippen molar-refractivity contribution in [3.8, 4) is 0 Å². The number of nitrogens with zero attached hydrogens (tertiary/aromatic N) is 2. The predicted octanol–water partition coefficient (Wildman–Crippen LogP) is 2.02. The number of carboxylic acid groups (broad SMARTS) is 1. The summed E-state index contributed by atoms with van der Waals surface area (Å²) in [6.45, 7) is 2.58. The lowest BCUT2D eigenvalue weighted by molar-refractivity contribution is -0.143. The van der Waals surface area contributed by atoms with Crippen molar-refractivity contribution in [3.63, 3.8) is 0 Å². The van der Waals surface area contributed by atoms with Crippen molar-refractivity contribution in [2.45, 2.75) is 25.8 Å². The maximum absolute atomic E-state index is 12.5. The summed E-state index contributed by atoms with van der Waals surface area (Å²) in [6.07, 6.45) is 2.07. The number of hydrogen-bond donors (Lipinski definition) is 1. The Kier molecular flexibility index (Phi) is 3.65. The molecule has 1 saturated heterocycles. The zero-order chi connectivity index (χ0) is 14.1. The van der Waals surface area contributed by atoms with Gasteiger partial charge in [-0.2, -0.15) is 0 Å². The van der Waals surface area contributed by atoms with Gasteiger partial charge >= 0.3 is 12.0 Å². The molecule has 0 bridgehead atoms. The van der Waals surface area contributed by atoms with Crippen LogP contribution < -0.4 is 0 Å². The predicted molar refractivity (Wildman–Crippen MR) is 75.8 cm³/mol. The van der Waals surface area contributed by atoms with Crippen molar-refractivity contribution in [1.82, 2.24) is 9.80 Å². The van der Waals surface area contributed by atoms with Crippen LogP contribution >= 0.6 is 11.3 Å². The second kappa shape index (κ2) is 5.44. The van der Waals surface area contributed by atoms with E-state index in [0.29, 0.717) is 32.5 Å². The molecule has 2 amide bonds. The smallest absolute Gasteiger partial charge is 0.320 e. The van der Waals surface area contributed by atoms with Crippen LogP contribution in [0.1, 0.15) is 23.3 Å². The van der Waals surface area contributed by atoms with Crippen molar-refractivity contribution < 1.29 is 14.7 Å². The summed E-state index contributed by atoms with van der Waals surface area (Å²) in [5.74, 6) is -1.03. The number of rotatable bonds is 1. The molecule has 108 valence electrons. The quantitative estimate of drug-likeness (QED) is 0.862. The van der Waals surface area contributed by atoms with Gasteiger partial charge < -0.3 is 14.9 Å². The number of carbonyl (C=O) groups excluding carboxylic acids is 1. The Hall–Kier alpha value is -1.56. The molecule has 5 nitrogen and oxygen atoms in total. The van der Waals surface area contributed by atoms with E-state index >= 15 is 0 Å². The van der Waals surface area contributed by atoms with Gasteiger partial charge in [0.1, 0.15) is 0 Å². The number of likely N-dealkylation sites (tertiary alicyclic amines) is 1. The number of amides is 2. The van der Waals surface area contributed by atoms with E-state index in [1.54, 1.807) is 16.2 Å². The first-order valence-corrected chi connectivity index (χ1v) is 7.85. The highest BCUT2D eigenvalue weighted by Crippen LogP contribution is 2.26. The Morgan fingerprint density at radius 2 is 1.95 bits per heavy atom. The highest BCUT2D eigenvalue weighted by Gasteiger charge is 2.30. The summed E-state index contributed by atoms with van der Waals surface area (Å²) in [6, 6.07) is 2.15. The van der Waals surface area contributed by atoms with Gasteiger partial charge in [-0.3, -0.25) is 4.79 Å². The second-order valence-corrected chi connectivity index (χ2v) is 6.42. The van der Waals surface area contributed by atoms with Crippen molar-refractivity contribution >= 4 is 23.3 Å². The molecule has 0 saturated carbocycles. The summed E-state index contributed by atoms with van der Waals surface area (Å²) in [5, 5.41) is 11.1. The molecule has 20 heavy (non-hydrogen) atoms. The van der Waals surface area contributed by atoms with Gasteiger partial charge in [0.15, 0.2) is 0 Å². The summed E-state index contributed by atoms with van der Waals surface area (Å²) >= 11 is 1.76. The molecular formula is C14H18N2O3S. The van der Waals surface area contributed by atoms with Crippen LogP contribution in [0.4, 0.5) is 4.79 Å². The molecule has 1 aromatic rings. The molecular weight excluding hydrogens is 276 g/mol. The lowest BCUT2D eigenvalue weighted by Crippen LogP contribution is -2.48. The first-order valence-electron chi connectivity index (χ1n) is 6.97. The third-order valence-electron chi connectivity index (χ3n) is 4.19. The summed E-state index contributed by atoms with van der Waals surface area (Å²) in [7, 11) is 0. The van der Waals surface area contributed by atoms with E-state index in [2.05, 4.69) is 11.4 Å². The topological polar surface area (TPSA) is 60.9 Å². The fraction of sp³-hybridized carbons (Fsp3) is 0.571. The van der Waals surface area contributed by atoms with E-state index in [4.69, 9.17) is 5.11 Å². The standard InChI is InChI=1S/C14H18N2O3S/c17-13(18)10-1-5-15(6-2-10)14(19)16-7-3-12-11(9-16)4-8-20-12/h4,8,10H,1-3,5-7,9H2,(H,17,18). The maximum Gasteiger partial charge on any atom is 0.320 e. The molecule has 1 N–H and O–H groups in total. The number of hydrogen-bond acceptors (Lipinski definition) is 3. The third-order valence-corrected chi connectivity index (χ3v) is 5.22. The molecule has 0 unspecified atom stereocenters. The number of carbonyl (C=O) groups is 2. The van der Waals surface area contributed by atoms with Crippen LogP contribution in [0.15, 0.2) is 11.4 Å². The molecule has 1 aromatic heterocycles. The Labute approximate surface area is 121 Å². The van der Waals surface area contributed by atoms with E-state index in [9.17, 15) is 9.59 Å². The van der Waals surface area contributed by atoms with Crippen LogP contribution in [0.2, 0.25) is 0 Å². The Bertz CT molecular complexity index is 520. The summed E-state index contributed by atoms with van der Waals surface area (Å²) in [5.41, 5.74) is 1.26. The minimum absolute atomic E-state index is 0.0608. The Balaban J connectivity index is 1.59. The van der Waals surface area contributed by atoms with Gasteiger partial charge in [0.25, 0.3) is 0 Å². The molecule has 1 fully saturated rings. The molecule has 0 aliphatic carbocycles. The van der Waals surface area contributed by atoms with Crippen LogP contribution in [0, 0.1) is 5.92 Å². The minimum Gasteiger partial charge on any atom is -0.481 e. The van der Waals surface area contributed by atoms with E-state index in [0.717, 1.165) is 13.0 Å². The minimum atomic E-state index is -0.738. The van der Waals surface area contributed by atoms with Gasteiger partial charge in [0, 0.05) is 31.1 Å². The van der Waals surface area contributed by atoms with E-state index in [1.165, 1.54) is 10.4 Å². The van der Waals surface area contributed by atoms with Gasteiger partial charge in [-0.15, -0.1) is 11.3 Å². The van der Waals surface area contributed by atoms with E-state index < -0.39 is 5.97 Å². The average molecular weight is 294 g/mol. The van der Waals surface area contributed by atoms with Gasteiger partial charge in [0.2, 0.25) is 0 Å². The fourth-order valence-electron chi connectivity index (χ4n) is 2.93. The largest absolute Gasteiger partial charge is 0.481 e. The van der Waals surface area contributed by atoms with Gasteiger partial charge in [-0.1, -0.05) is 0 Å². The lowest BCUT2D eigenvalue weighted by Gasteiger charge is -2.36. The van der Waals surface area contributed by atoms with Crippen molar-refractivity contribution in [3.05, 3.63) is 21.9 Å². The van der Waals surface area contributed by atoms with Crippen LogP contribution in [0.25, 0.3) is 0 Å². The summed E-state index contributed by atoms with van der Waals surface area (Å²) in [4.78, 5) is 28.5.